The summed E-state index contributed by atoms with van der Waals surface area (Å²) in [6.45, 7) is 6.21. The van der Waals surface area contributed by atoms with E-state index in [0.29, 0.717) is 11.6 Å². The quantitative estimate of drug-likeness (QED) is 0.528. The number of benzene rings is 1. The van der Waals surface area contributed by atoms with Gasteiger partial charge in [0.05, 0.1) is 17.1 Å². The van der Waals surface area contributed by atoms with E-state index in [9.17, 15) is 4.79 Å². The first-order valence-corrected chi connectivity index (χ1v) is 10.8. The molecular formula is C20H24N4OS2. The Morgan fingerprint density at radius 2 is 1.85 bits per heavy atom. The number of anilines is 1. The van der Waals surface area contributed by atoms with E-state index in [4.69, 9.17) is 0 Å². The molecule has 1 aromatic carbocycles. The maximum absolute atomic E-state index is 12.5. The fourth-order valence-electron chi connectivity index (χ4n) is 2.77. The molecule has 1 amide bonds. The van der Waals surface area contributed by atoms with Crippen molar-refractivity contribution in [3.8, 4) is 11.3 Å². The van der Waals surface area contributed by atoms with E-state index in [2.05, 4.69) is 58.6 Å². The van der Waals surface area contributed by atoms with Crippen molar-refractivity contribution in [2.75, 3.05) is 5.32 Å². The first-order valence-electron chi connectivity index (χ1n) is 9.20. The first-order chi connectivity index (χ1) is 13.0. The highest BCUT2D eigenvalue weighted by Crippen LogP contribution is 2.29. The number of thiazole rings is 1. The topological polar surface area (TPSA) is 67.8 Å². The van der Waals surface area contributed by atoms with E-state index >= 15 is 0 Å². The van der Waals surface area contributed by atoms with Gasteiger partial charge in [0.1, 0.15) is 5.01 Å². The molecule has 0 spiro atoms. The average Bonchev–Trinajstić information content (AvgIpc) is 3.22. The second kappa shape index (κ2) is 9.19. The molecule has 0 atom stereocenters. The van der Waals surface area contributed by atoms with Gasteiger partial charge < -0.3 is 5.32 Å². The van der Waals surface area contributed by atoms with Crippen molar-refractivity contribution in [3.05, 3.63) is 44.7 Å². The summed E-state index contributed by atoms with van der Waals surface area (Å²) in [7, 11) is 0. The molecule has 0 aliphatic heterocycles. The van der Waals surface area contributed by atoms with Crippen LogP contribution in [0.5, 0.6) is 0 Å². The minimum Gasteiger partial charge on any atom is -0.300 e. The van der Waals surface area contributed by atoms with Crippen LogP contribution in [0, 0.1) is 13.8 Å². The maximum atomic E-state index is 12.5. The third-order valence-corrected chi connectivity index (χ3v) is 6.03. The molecule has 0 unspecified atom stereocenters. The van der Waals surface area contributed by atoms with E-state index in [0.717, 1.165) is 39.0 Å². The van der Waals surface area contributed by atoms with E-state index < -0.39 is 0 Å². The molecule has 3 rings (SSSR count). The Balaban J connectivity index is 1.65. The summed E-state index contributed by atoms with van der Waals surface area (Å²) >= 11 is 3.03. The summed E-state index contributed by atoms with van der Waals surface area (Å²) in [5.41, 5.74) is 3.14. The lowest BCUT2D eigenvalue weighted by molar-refractivity contribution is -0.115. The molecule has 0 saturated heterocycles. The highest BCUT2D eigenvalue weighted by Gasteiger charge is 2.16. The molecule has 0 radical (unpaired) electrons. The van der Waals surface area contributed by atoms with Crippen molar-refractivity contribution < 1.29 is 4.79 Å². The van der Waals surface area contributed by atoms with Gasteiger partial charge in [0.25, 0.3) is 0 Å². The number of carbonyl (C=O) groups excluding carboxylic acids is 1. The first kappa shape index (κ1) is 19.6. The molecule has 0 fully saturated rings. The van der Waals surface area contributed by atoms with E-state index in [1.54, 1.807) is 11.3 Å². The molecule has 0 saturated carbocycles. The van der Waals surface area contributed by atoms with Gasteiger partial charge in [-0.1, -0.05) is 60.9 Å². The van der Waals surface area contributed by atoms with Gasteiger partial charge in [-0.05, 0) is 20.3 Å². The van der Waals surface area contributed by atoms with Gasteiger partial charge in [0.15, 0.2) is 0 Å². The minimum absolute atomic E-state index is 0.0803. The fraction of sp³-hybridized carbons (Fsp3) is 0.400. The number of unbranched alkanes of at least 4 members (excludes halogenated alkanes) is 2. The van der Waals surface area contributed by atoms with Crippen LogP contribution in [0.2, 0.25) is 0 Å². The Labute approximate surface area is 167 Å². The predicted octanol–water partition coefficient (Wildman–Crippen LogP) is 5.19. The lowest BCUT2D eigenvalue weighted by Gasteiger charge is -2.03. The summed E-state index contributed by atoms with van der Waals surface area (Å²) in [6, 6.07) is 8.24. The van der Waals surface area contributed by atoms with Gasteiger partial charge in [0.2, 0.25) is 11.0 Å². The van der Waals surface area contributed by atoms with E-state index in [1.165, 1.54) is 29.7 Å². The van der Waals surface area contributed by atoms with Crippen molar-refractivity contribution in [2.45, 2.75) is 52.9 Å². The lowest BCUT2D eigenvalue weighted by atomic mass is 10.1. The molecule has 142 valence electrons. The smallest absolute Gasteiger partial charge is 0.231 e. The Morgan fingerprint density at radius 3 is 2.59 bits per heavy atom. The standard InChI is InChI=1S/C20H24N4OS2/c1-4-5-6-7-18-23-24-20(27-18)22-17(25)12-16-19(21-14(3)26-16)15-10-8-13(2)9-11-15/h8-11H,4-7,12H2,1-3H3,(H,22,24,25). The average molecular weight is 401 g/mol. The molecule has 5 nitrogen and oxygen atoms in total. The molecular weight excluding hydrogens is 376 g/mol. The number of hydrogen-bond acceptors (Lipinski definition) is 6. The van der Waals surface area contributed by atoms with Crippen LogP contribution in [0.25, 0.3) is 11.3 Å². The molecule has 1 N–H and O–H groups in total. The molecule has 7 heteroatoms. The number of carbonyl (C=O) groups is 1. The summed E-state index contributed by atoms with van der Waals surface area (Å²) in [5, 5.41) is 13.7. The van der Waals surface area contributed by atoms with Crippen LogP contribution in [-0.4, -0.2) is 21.1 Å². The van der Waals surface area contributed by atoms with Crippen molar-refractivity contribution in [3.63, 3.8) is 0 Å². The third kappa shape index (κ3) is 5.43. The highest BCUT2D eigenvalue weighted by atomic mass is 32.1. The van der Waals surface area contributed by atoms with Crippen molar-refractivity contribution in [1.29, 1.82) is 0 Å². The lowest BCUT2D eigenvalue weighted by Crippen LogP contribution is -2.14. The monoisotopic (exact) mass is 400 g/mol. The number of aromatic nitrogens is 3. The van der Waals surface area contributed by atoms with Crippen molar-refractivity contribution in [2.24, 2.45) is 0 Å². The largest absolute Gasteiger partial charge is 0.300 e. The number of rotatable bonds is 8. The highest BCUT2D eigenvalue weighted by molar-refractivity contribution is 7.15. The van der Waals surface area contributed by atoms with Crippen LogP contribution in [-0.2, 0) is 17.6 Å². The predicted molar refractivity (Wildman–Crippen MR) is 112 cm³/mol. The molecule has 27 heavy (non-hydrogen) atoms. The third-order valence-electron chi connectivity index (χ3n) is 4.16. The molecule has 2 aromatic heterocycles. The second-order valence-electron chi connectivity index (χ2n) is 6.55. The summed E-state index contributed by atoms with van der Waals surface area (Å²) < 4.78 is 0. The number of nitrogens with one attached hydrogen (secondary N) is 1. The molecule has 2 heterocycles. The number of amides is 1. The second-order valence-corrected chi connectivity index (χ2v) is 8.90. The van der Waals surface area contributed by atoms with Crippen LogP contribution in [0.15, 0.2) is 24.3 Å². The van der Waals surface area contributed by atoms with Crippen LogP contribution in [0.3, 0.4) is 0 Å². The fourth-order valence-corrected chi connectivity index (χ4v) is 4.52. The van der Waals surface area contributed by atoms with Gasteiger partial charge in [-0.3, -0.25) is 4.79 Å². The zero-order valence-electron chi connectivity index (χ0n) is 15.9. The molecule has 0 aliphatic rings. The Bertz CT molecular complexity index is 899. The van der Waals surface area contributed by atoms with E-state index in [1.807, 2.05) is 6.92 Å². The van der Waals surface area contributed by atoms with Crippen molar-refractivity contribution in [1.82, 2.24) is 15.2 Å². The summed E-state index contributed by atoms with van der Waals surface area (Å²) in [4.78, 5) is 18.1. The number of aryl methyl sites for hydroxylation is 3. The Morgan fingerprint density at radius 1 is 1.07 bits per heavy atom. The molecule has 3 aromatic rings. The van der Waals surface area contributed by atoms with Gasteiger partial charge in [-0.15, -0.1) is 21.5 Å². The summed E-state index contributed by atoms with van der Waals surface area (Å²) in [5.74, 6) is -0.0803. The van der Waals surface area contributed by atoms with Gasteiger partial charge in [-0.2, -0.15) is 0 Å². The number of hydrogen-bond donors (Lipinski definition) is 1. The van der Waals surface area contributed by atoms with Crippen LogP contribution >= 0.6 is 22.7 Å². The van der Waals surface area contributed by atoms with Gasteiger partial charge in [-0.25, -0.2) is 4.98 Å². The summed E-state index contributed by atoms with van der Waals surface area (Å²) in [6.07, 6.45) is 4.69. The van der Waals surface area contributed by atoms with Crippen LogP contribution in [0.1, 0.15) is 46.6 Å². The zero-order valence-corrected chi connectivity index (χ0v) is 17.5. The Kier molecular flexibility index (Phi) is 6.68. The SMILES string of the molecule is CCCCCc1nnc(NC(=O)Cc2sc(C)nc2-c2ccc(C)cc2)s1. The van der Waals surface area contributed by atoms with Gasteiger partial charge >= 0.3 is 0 Å². The Hall–Kier alpha value is -2.12. The van der Waals surface area contributed by atoms with Crippen LogP contribution < -0.4 is 5.32 Å². The maximum Gasteiger partial charge on any atom is 0.231 e. The van der Waals surface area contributed by atoms with Crippen LogP contribution in [0.4, 0.5) is 5.13 Å². The van der Waals surface area contributed by atoms with Crippen molar-refractivity contribution >= 4 is 33.7 Å². The van der Waals surface area contributed by atoms with Gasteiger partial charge in [0, 0.05) is 16.9 Å². The normalized spacial score (nSPS) is 10.9. The van der Waals surface area contributed by atoms with E-state index in [-0.39, 0.29) is 5.91 Å². The zero-order chi connectivity index (χ0) is 19.2. The minimum atomic E-state index is -0.0803. The molecule has 0 bridgehead atoms. The molecule has 0 aliphatic carbocycles. The number of nitrogens with zero attached hydrogens (tertiary/aromatic N) is 3.